The van der Waals surface area contributed by atoms with Crippen molar-refractivity contribution in [1.29, 1.82) is 0 Å². The number of aryl methyl sites for hydroxylation is 8. The molecule has 0 saturated carbocycles. The van der Waals surface area contributed by atoms with Gasteiger partial charge in [0.2, 0.25) is 0 Å². The minimum Gasteiger partial charge on any atom is -0.446 e. The Hall–Kier alpha value is -3.97. The molecule has 11 nitrogen and oxygen atoms in total. The third-order valence-corrected chi connectivity index (χ3v) is 10.3. The van der Waals surface area contributed by atoms with Crippen molar-refractivity contribution in [2.24, 2.45) is 42.6 Å². The molecule has 0 aliphatic rings. The number of hydrogen-bond acceptors (Lipinski definition) is 12. The van der Waals surface area contributed by atoms with Crippen LogP contribution in [0.15, 0.2) is 38.0 Å². The molecule has 0 radical (unpaired) electrons. The van der Waals surface area contributed by atoms with E-state index < -0.39 is 0 Å². The lowest BCUT2D eigenvalue weighted by atomic mass is 10.1. The molecule has 348 valence electrons. The molecular weight excluding hydrogens is 813 g/mol. The third kappa shape index (κ3) is 26.5. The zero-order chi connectivity index (χ0) is 47.1. The maximum atomic E-state index is 5.41. The SMILES string of the molecule is CC(C)Cc1cnn(C)c1.Cc1cc(CC(C)C)no1.Cc1cc(CC(C)C)on1.Cc1nc(C)c(CC(C)C)o1.Cc1nc(C)c(CC(C)C)s1.Cc1nnc(CC(C)C)s1. The quantitative estimate of drug-likeness (QED) is 0.117. The fraction of sp³-hybridized carbons (Fsp3) is 0.653. The molecule has 0 aliphatic heterocycles. The maximum absolute atomic E-state index is 5.41. The zero-order valence-electron chi connectivity index (χ0n) is 42.1. The van der Waals surface area contributed by atoms with E-state index in [1.54, 1.807) is 11.3 Å². The van der Waals surface area contributed by atoms with Crippen LogP contribution in [-0.2, 0) is 45.6 Å². The first-order valence-corrected chi connectivity index (χ1v) is 24.0. The van der Waals surface area contributed by atoms with Gasteiger partial charge in [-0.1, -0.05) is 93.4 Å². The molecule has 62 heavy (non-hydrogen) atoms. The van der Waals surface area contributed by atoms with Crippen molar-refractivity contribution in [1.82, 2.24) is 40.3 Å². The van der Waals surface area contributed by atoms with Crippen LogP contribution < -0.4 is 0 Å². The lowest BCUT2D eigenvalue weighted by Crippen LogP contribution is -1.93. The van der Waals surface area contributed by atoms with Crippen LogP contribution in [0.2, 0.25) is 0 Å². The Morgan fingerprint density at radius 1 is 0.581 bits per heavy atom. The fourth-order valence-corrected chi connectivity index (χ4v) is 8.00. The molecule has 0 fully saturated rings. The molecule has 0 amide bonds. The summed E-state index contributed by atoms with van der Waals surface area (Å²) in [7, 11) is 1.95. The summed E-state index contributed by atoms with van der Waals surface area (Å²) in [4.78, 5) is 10.0. The highest BCUT2D eigenvalue weighted by Gasteiger charge is 2.09. The van der Waals surface area contributed by atoms with E-state index in [2.05, 4.69) is 139 Å². The van der Waals surface area contributed by atoms with E-state index in [1.165, 1.54) is 27.6 Å². The van der Waals surface area contributed by atoms with Gasteiger partial charge in [-0.3, -0.25) is 4.68 Å². The predicted octanol–water partition coefficient (Wildman–Crippen LogP) is 13.5. The van der Waals surface area contributed by atoms with Crippen molar-refractivity contribution >= 4 is 22.7 Å². The van der Waals surface area contributed by atoms with Crippen LogP contribution in [0.25, 0.3) is 0 Å². The van der Waals surface area contributed by atoms with Gasteiger partial charge < -0.3 is 13.5 Å². The van der Waals surface area contributed by atoms with Gasteiger partial charge in [-0.2, -0.15) is 5.10 Å². The van der Waals surface area contributed by atoms with E-state index in [-0.39, 0.29) is 0 Å². The van der Waals surface area contributed by atoms with E-state index in [0.29, 0.717) is 23.7 Å². The summed E-state index contributed by atoms with van der Waals surface area (Å²) in [5.74, 6) is 7.81. The molecule has 0 atom stereocenters. The smallest absolute Gasteiger partial charge is 0.191 e. The van der Waals surface area contributed by atoms with Crippen LogP contribution in [-0.4, -0.2) is 40.3 Å². The third-order valence-electron chi connectivity index (χ3n) is 8.32. The Balaban J connectivity index is 0.000000372. The Bertz CT molecular complexity index is 1800. The molecule has 0 saturated heterocycles. The number of hydrogen-bond donors (Lipinski definition) is 0. The highest BCUT2D eigenvalue weighted by Crippen LogP contribution is 2.20. The lowest BCUT2D eigenvalue weighted by Gasteiger charge is -2.00. The zero-order valence-corrected chi connectivity index (χ0v) is 43.8. The summed E-state index contributed by atoms with van der Waals surface area (Å²) in [6.45, 7) is 40.2. The van der Waals surface area contributed by atoms with Gasteiger partial charge >= 0.3 is 0 Å². The molecule has 6 aromatic rings. The second-order valence-electron chi connectivity index (χ2n) is 18.7. The van der Waals surface area contributed by atoms with Gasteiger partial charge in [0.1, 0.15) is 27.3 Å². The van der Waals surface area contributed by atoms with E-state index in [1.807, 2.05) is 76.0 Å². The minimum absolute atomic E-state index is 0.640. The van der Waals surface area contributed by atoms with Crippen molar-refractivity contribution in [2.75, 3.05) is 0 Å². The predicted molar refractivity (Wildman–Crippen MR) is 259 cm³/mol. The van der Waals surface area contributed by atoms with Gasteiger partial charge in [0.25, 0.3) is 0 Å². The molecule has 0 spiro atoms. The first kappa shape index (κ1) is 56.0. The van der Waals surface area contributed by atoms with Crippen molar-refractivity contribution in [3.63, 3.8) is 0 Å². The van der Waals surface area contributed by atoms with Gasteiger partial charge in [0, 0.05) is 56.4 Å². The summed E-state index contributed by atoms with van der Waals surface area (Å²) < 4.78 is 17.2. The van der Waals surface area contributed by atoms with Crippen molar-refractivity contribution in [3.05, 3.63) is 95.9 Å². The molecule has 0 unspecified atom stereocenters. The summed E-state index contributed by atoms with van der Waals surface area (Å²) in [6.07, 6.45) is 10.4. The number of thiazole rings is 1. The van der Waals surface area contributed by atoms with Gasteiger partial charge in [-0.05, 0) is 102 Å². The van der Waals surface area contributed by atoms with E-state index >= 15 is 0 Å². The van der Waals surface area contributed by atoms with Crippen molar-refractivity contribution < 1.29 is 13.5 Å². The summed E-state index contributed by atoms with van der Waals surface area (Å²) in [6, 6.07) is 3.97. The summed E-state index contributed by atoms with van der Waals surface area (Å²) >= 11 is 3.53. The monoisotopic (exact) mass is 895 g/mol. The second kappa shape index (κ2) is 29.4. The van der Waals surface area contributed by atoms with E-state index in [9.17, 15) is 0 Å². The standard InChI is InChI=1S/C9H15NO.C9H15NS.C8H14N2.2C8H13NO.C7H12N2S/c2*1-6(2)5-9-7(3)10-8(4)11-9;1-7(2)4-8-5-9-10(3)6-8;1-6(2)4-8-5-7(3)10-9-8;1-6(2)4-8-5-7(3)9-10-8;1-5(2)4-7-9-8-6(3)10-7/h2*6H,5H2,1-4H3;5-7H,4H2,1-3H3;2*5-6H,4H2,1-3H3;5H,4H2,1-3H3. The number of oxazole rings is 1. The molecule has 6 rings (SSSR count). The van der Waals surface area contributed by atoms with Crippen LogP contribution in [0, 0.1) is 84.0 Å². The van der Waals surface area contributed by atoms with Crippen LogP contribution >= 0.6 is 22.7 Å². The molecule has 0 bridgehead atoms. The van der Waals surface area contributed by atoms with Crippen molar-refractivity contribution in [2.45, 2.75) is 170 Å². The minimum atomic E-state index is 0.640. The molecule has 13 heteroatoms. The molecule has 0 aliphatic carbocycles. The molecule has 0 aromatic carbocycles. The number of nitrogens with zero attached hydrogens (tertiary/aromatic N) is 8. The van der Waals surface area contributed by atoms with Gasteiger partial charge in [-0.15, -0.1) is 32.9 Å². The van der Waals surface area contributed by atoms with Crippen LogP contribution in [0.3, 0.4) is 0 Å². The fourth-order valence-electron chi connectivity index (χ4n) is 5.93. The second-order valence-corrected chi connectivity index (χ2v) is 21.2. The summed E-state index contributed by atoms with van der Waals surface area (Å²) in [5, 5.41) is 23.1. The molecular formula is C49H82N8O3S2. The molecule has 0 N–H and O–H groups in total. The molecule has 6 heterocycles. The van der Waals surface area contributed by atoms with Crippen LogP contribution in [0.5, 0.6) is 0 Å². The van der Waals surface area contributed by atoms with Crippen LogP contribution in [0.4, 0.5) is 0 Å². The summed E-state index contributed by atoms with van der Waals surface area (Å²) in [5.41, 5.74) is 5.62. The molecule has 6 aromatic heterocycles. The average molecular weight is 895 g/mol. The van der Waals surface area contributed by atoms with Gasteiger partial charge in [-0.25, -0.2) is 9.97 Å². The number of aromatic nitrogens is 8. The topological polar surface area (TPSA) is 135 Å². The van der Waals surface area contributed by atoms with Gasteiger partial charge in [0.05, 0.1) is 34.0 Å². The maximum Gasteiger partial charge on any atom is 0.191 e. The van der Waals surface area contributed by atoms with Gasteiger partial charge in [0.15, 0.2) is 5.89 Å². The Kier molecular flexibility index (Phi) is 26.6. The Labute approximate surface area is 383 Å². The highest BCUT2D eigenvalue weighted by molar-refractivity contribution is 7.11. The normalized spacial score (nSPS) is 10.9. The Morgan fingerprint density at radius 3 is 1.56 bits per heavy atom. The number of rotatable bonds is 12. The van der Waals surface area contributed by atoms with E-state index in [4.69, 9.17) is 13.5 Å². The van der Waals surface area contributed by atoms with E-state index in [0.717, 1.165) is 94.2 Å². The lowest BCUT2D eigenvalue weighted by molar-refractivity contribution is 0.365. The Morgan fingerprint density at radius 2 is 1.18 bits per heavy atom. The largest absolute Gasteiger partial charge is 0.446 e. The first-order chi connectivity index (χ1) is 28.9. The average Bonchev–Trinajstić information content (AvgIpc) is 4.00. The van der Waals surface area contributed by atoms with Crippen molar-refractivity contribution in [3.8, 4) is 0 Å². The highest BCUT2D eigenvalue weighted by atomic mass is 32.1. The first-order valence-electron chi connectivity index (χ1n) is 22.4. The van der Waals surface area contributed by atoms with Crippen LogP contribution in [0.1, 0.15) is 154 Å².